The van der Waals surface area contributed by atoms with Crippen LogP contribution in [0, 0.1) is 5.92 Å². The summed E-state index contributed by atoms with van der Waals surface area (Å²) in [5.74, 6) is -0.0753. The molecule has 3 N–H and O–H groups in total. The fourth-order valence-electron chi connectivity index (χ4n) is 3.24. The van der Waals surface area contributed by atoms with Crippen LogP contribution in [0.25, 0.3) is 0 Å². The van der Waals surface area contributed by atoms with E-state index >= 15 is 0 Å². The molecule has 0 aromatic rings. The summed E-state index contributed by atoms with van der Waals surface area (Å²) in [5, 5.41) is 2.91. The third kappa shape index (κ3) is 2.67. The molecule has 6 nitrogen and oxygen atoms in total. The summed E-state index contributed by atoms with van der Waals surface area (Å²) < 4.78 is 5.43. The predicted molar refractivity (Wildman–Crippen MR) is 75.1 cm³/mol. The van der Waals surface area contributed by atoms with Gasteiger partial charge in [0.1, 0.15) is 5.54 Å². The first-order valence-electron chi connectivity index (χ1n) is 7.47. The number of carbonyl (C=O) groups is 2. The van der Waals surface area contributed by atoms with Gasteiger partial charge in [-0.1, -0.05) is 12.8 Å². The Morgan fingerprint density at radius 2 is 2.20 bits per heavy atom. The number of nitrogens with two attached hydrogens (primary N) is 1. The van der Waals surface area contributed by atoms with Crippen molar-refractivity contribution in [1.82, 2.24) is 10.2 Å². The Balaban J connectivity index is 2.07. The number of nitrogens with one attached hydrogen (secondary N) is 1. The van der Waals surface area contributed by atoms with Crippen LogP contribution in [-0.2, 0) is 9.53 Å². The van der Waals surface area contributed by atoms with Gasteiger partial charge in [0.25, 0.3) is 5.91 Å². The van der Waals surface area contributed by atoms with E-state index in [1.54, 1.807) is 0 Å². The molecule has 0 radical (unpaired) electrons. The number of rotatable bonds is 5. The molecule has 0 aromatic carbocycles. The molecule has 1 aliphatic carbocycles. The zero-order valence-electron chi connectivity index (χ0n) is 12.4. The summed E-state index contributed by atoms with van der Waals surface area (Å²) >= 11 is 0. The summed E-state index contributed by atoms with van der Waals surface area (Å²) in [7, 11) is 0. The molecule has 0 bridgehead atoms. The second-order valence-electron chi connectivity index (χ2n) is 5.96. The lowest BCUT2D eigenvalue weighted by molar-refractivity contribution is -0.135. The van der Waals surface area contributed by atoms with Crippen molar-refractivity contribution in [2.45, 2.75) is 51.2 Å². The van der Waals surface area contributed by atoms with E-state index in [1.165, 1.54) is 4.90 Å². The Kier molecular flexibility index (Phi) is 4.65. The molecule has 1 saturated carbocycles. The number of ether oxygens (including phenoxy) is 1. The minimum Gasteiger partial charge on any atom is -0.377 e. The number of hydrogen-bond acceptors (Lipinski definition) is 4. The van der Waals surface area contributed by atoms with Crippen molar-refractivity contribution in [3.8, 4) is 0 Å². The lowest BCUT2D eigenvalue weighted by Crippen LogP contribution is -2.57. The van der Waals surface area contributed by atoms with Gasteiger partial charge in [0.2, 0.25) is 0 Å². The van der Waals surface area contributed by atoms with Gasteiger partial charge in [0.05, 0.1) is 19.3 Å². The molecule has 0 aromatic heterocycles. The van der Waals surface area contributed by atoms with Gasteiger partial charge in [-0.05, 0) is 33.2 Å². The zero-order valence-corrected chi connectivity index (χ0v) is 12.4. The smallest absolute Gasteiger partial charge is 0.325 e. The normalized spacial score (nSPS) is 30.4. The maximum atomic E-state index is 12.7. The Morgan fingerprint density at radius 1 is 1.45 bits per heavy atom. The highest BCUT2D eigenvalue weighted by molar-refractivity contribution is 6.07. The van der Waals surface area contributed by atoms with Crippen LogP contribution in [-0.4, -0.2) is 48.2 Å². The van der Waals surface area contributed by atoms with Crippen LogP contribution in [0.3, 0.4) is 0 Å². The second-order valence-corrected chi connectivity index (χ2v) is 5.96. The van der Waals surface area contributed by atoms with Gasteiger partial charge < -0.3 is 15.8 Å². The van der Waals surface area contributed by atoms with Crippen molar-refractivity contribution < 1.29 is 14.3 Å². The second kappa shape index (κ2) is 6.10. The first-order valence-corrected chi connectivity index (χ1v) is 7.47. The highest BCUT2D eigenvalue weighted by atomic mass is 16.5. The van der Waals surface area contributed by atoms with Crippen LogP contribution >= 0.6 is 0 Å². The number of carbonyl (C=O) groups excluding carboxylic acids is 2. The first kappa shape index (κ1) is 15.3. The molecule has 114 valence electrons. The highest BCUT2D eigenvalue weighted by Gasteiger charge is 2.55. The van der Waals surface area contributed by atoms with Crippen molar-refractivity contribution in [2.75, 3.05) is 19.7 Å². The van der Waals surface area contributed by atoms with Crippen LogP contribution in [0.15, 0.2) is 0 Å². The Morgan fingerprint density at radius 3 is 2.85 bits per heavy atom. The number of imide groups is 1. The van der Waals surface area contributed by atoms with Crippen molar-refractivity contribution in [1.29, 1.82) is 0 Å². The van der Waals surface area contributed by atoms with Crippen molar-refractivity contribution in [3.05, 3.63) is 0 Å². The molecule has 1 heterocycles. The van der Waals surface area contributed by atoms with E-state index in [0.29, 0.717) is 26.1 Å². The monoisotopic (exact) mass is 283 g/mol. The van der Waals surface area contributed by atoms with Crippen LogP contribution in [0.4, 0.5) is 4.79 Å². The molecular formula is C14H25N3O3. The summed E-state index contributed by atoms with van der Waals surface area (Å²) in [6.45, 7) is 4.97. The number of amides is 3. The van der Waals surface area contributed by atoms with Gasteiger partial charge in [-0.2, -0.15) is 0 Å². The fourth-order valence-corrected chi connectivity index (χ4v) is 3.24. The Bertz CT molecular complexity index is 386. The van der Waals surface area contributed by atoms with E-state index in [9.17, 15) is 9.59 Å². The first-order chi connectivity index (χ1) is 9.51. The minimum absolute atomic E-state index is 0.0451. The molecule has 1 spiro atoms. The van der Waals surface area contributed by atoms with Crippen molar-refractivity contribution in [3.63, 3.8) is 0 Å². The topological polar surface area (TPSA) is 84.7 Å². The third-order valence-electron chi connectivity index (χ3n) is 4.32. The average molecular weight is 283 g/mol. The van der Waals surface area contributed by atoms with E-state index in [-0.39, 0.29) is 24.0 Å². The van der Waals surface area contributed by atoms with Gasteiger partial charge in [0.15, 0.2) is 0 Å². The molecule has 2 fully saturated rings. The quantitative estimate of drug-likeness (QED) is 0.733. The minimum atomic E-state index is -0.762. The SMILES string of the molecule is CC(C)OCCN1C(=O)NC2(CCCCC2CN)C1=O. The highest BCUT2D eigenvalue weighted by Crippen LogP contribution is 2.37. The van der Waals surface area contributed by atoms with Gasteiger partial charge in [0, 0.05) is 5.92 Å². The van der Waals surface area contributed by atoms with Gasteiger partial charge in [-0.25, -0.2) is 4.79 Å². The fraction of sp³-hybridized carbons (Fsp3) is 0.857. The maximum absolute atomic E-state index is 12.7. The lowest BCUT2D eigenvalue weighted by atomic mass is 9.72. The van der Waals surface area contributed by atoms with Crippen LogP contribution in [0.1, 0.15) is 39.5 Å². The van der Waals surface area contributed by atoms with Crippen LogP contribution in [0.5, 0.6) is 0 Å². The molecule has 2 atom stereocenters. The summed E-state index contributed by atoms with van der Waals surface area (Å²) in [4.78, 5) is 26.1. The van der Waals surface area contributed by atoms with Gasteiger partial charge >= 0.3 is 6.03 Å². The molecular weight excluding hydrogens is 258 g/mol. The third-order valence-corrected chi connectivity index (χ3v) is 4.32. The molecule has 3 amide bonds. The largest absolute Gasteiger partial charge is 0.377 e. The predicted octanol–water partition coefficient (Wildman–Crippen LogP) is 0.851. The summed E-state index contributed by atoms with van der Waals surface area (Å²) in [6, 6.07) is -0.303. The summed E-state index contributed by atoms with van der Waals surface area (Å²) in [6.07, 6.45) is 3.72. The molecule has 6 heteroatoms. The Labute approximate surface area is 120 Å². The van der Waals surface area contributed by atoms with E-state index in [1.807, 2.05) is 13.8 Å². The van der Waals surface area contributed by atoms with Crippen molar-refractivity contribution >= 4 is 11.9 Å². The number of nitrogens with zero attached hydrogens (tertiary/aromatic N) is 1. The molecule has 1 saturated heterocycles. The van der Waals surface area contributed by atoms with Crippen LogP contribution in [0.2, 0.25) is 0 Å². The van der Waals surface area contributed by atoms with Gasteiger partial charge in [-0.3, -0.25) is 9.69 Å². The number of hydrogen-bond donors (Lipinski definition) is 2. The van der Waals surface area contributed by atoms with Gasteiger partial charge in [-0.15, -0.1) is 0 Å². The molecule has 1 aliphatic heterocycles. The van der Waals surface area contributed by atoms with E-state index in [2.05, 4.69) is 5.32 Å². The van der Waals surface area contributed by atoms with E-state index in [0.717, 1.165) is 19.3 Å². The van der Waals surface area contributed by atoms with Crippen LogP contribution < -0.4 is 11.1 Å². The maximum Gasteiger partial charge on any atom is 0.325 e. The Hall–Kier alpha value is -1.14. The molecule has 2 unspecified atom stereocenters. The zero-order chi connectivity index (χ0) is 14.8. The van der Waals surface area contributed by atoms with E-state index in [4.69, 9.17) is 10.5 Å². The molecule has 20 heavy (non-hydrogen) atoms. The number of urea groups is 1. The summed E-state index contributed by atoms with van der Waals surface area (Å²) in [5.41, 5.74) is 5.04. The van der Waals surface area contributed by atoms with E-state index < -0.39 is 5.54 Å². The lowest BCUT2D eigenvalue weighted by Gasteiger charge is -2.38. The molecule has 2 rings (SSSR count). The average Bonchev–Trinajstić information content (AvgIpc) is 2.64. The molecule has 2 aliphatic rings. The van der Waals surface area contributed by atoms with Crippen molar-refractivity contribution in [2.24, 2.45) is 11.7 Å². The standard InChI is InChI=1S/C14H25N3O3/c1-10(2)20-8-7-17-12(18)14(16-13(17)19)6-4-3-5-11(14)9-15/h10-11H,3-9,15H2,1-2H3,(H,16,19).